The van der Waals surface area contributed by atoms with Crippen LogP contribution < -0.4 is 10.6 Å². The van der Waals surface area contributed by atoms with Gasteiger partial charge in [0, 0.05) is 30.6 Å². The summed E-state index contributed by atoms with van der Waals surface area (Å²) in [6.07, 6.45) is 3.66. The molecule has 2 atom stereocenters. The Kier molecular flexibility index (Phi) is 4.35. The molecule has 1 aliphatic rings. The van der Waals surface area contributed by atoms with Crippen molar-refractivity contribution in [1.82, 2.24) is 15.6 Å². The van der Waals surface area contributed by atoms with Crippen LogP contribution in [0.5, 0.6) is 0 Å². The number of nitrogens with one attached hydrogen (secondary N) is 2. The number of amides is 1. The van der Waals surface area contributed by atoms with Crippen LogP contribution in [0.3, 0.4) is 0 Å². The molecule has 2 N–H and O–H groups in total. The van der Waals surface area contributed by atoms with Gasteiger partial charge in [0.15, 0.2) is 0 Å². The molecule has 1 saturated heterocycles. The molecule has 2 unspecified atom stereocenters. The number of hydrogen-bond donors (Lipinski definition) is 2. The predicted molar refractivity (Wildman–Crippen MR) is 73.7 cm³/mol. The Morgan fingerprint density at radius 1 is 1.72 bits per heavy atom. The number of thiazole rings is 1. The molecular formula is C13H21N3OS. The van der Waals surface area contributed by atoms with Gasteiger partial charge in [0.25, 0.3) is 0 Å². The third-order valence-electron chi connectivity index (χ3n) is 3.84. The van der Waals surface area contributed by atoms with E-state index in [1.54, 1.807) is 11.3 Å². The Morgan fingerprint density at radius 3 is 3.11 bits per heavy atom. The molecule has 1 aromatic rings. The van der Waals surface area contributed by atoms with Crippen LogP contribution in [0.1, 0.15) is 37.6 Å². The Balaban J connectivity index is 1.88. The lowest BCUT2D eigenvalue weighted by Crippen LogP contribution is -2.43. The van der Waals surface area contributed by atoms with E-state index in [0.717, 1.165) is 30.9 Å². The minimum atomic E-state index is -0.192. The lowest BCUT2D eigenvalue weighted by Gasteiger charge is -2.25. The predicted octanol–water partition coefficient (Wildman–Crippen LogP) is 1.75. The van der Waals surface area contributed by atoms with Crippen LogP contribution in [-0.4, -0.2) is 30.5 Å². The van der Waals surface area contributed by atoms with Gasteiger partial charge in [0.1, 0.15) is 0 Å². The van der Waals surface area contributed by atoms with Gasteiger partial charge in [-0.25, -0.2) is 4.98 Å². The molecule has 1 aliphatic heterocycles. The molecule has 2 rings (SSSR count). The minimum Gasteiger partial charge on any atom is -0.355 e. The normalized spacial score (nSPS) is 25.0. The van der Waals surface area contributed by atoms with Crippen LogP contribution in [0.2, 0.25) is 0 Å². The van der Waals surface area contributed by atoms with E-state index >= 15 is 0 Å². The maximum atomic E-state index is 12.3. The van der Waals surface area contributed by atoms with E-state index in [0.29, 0.717) is 6.54 Å². The first kappa shape index (κ1) is 13.5. The Labute approximate surface area is 112 Å². The van der Waals surface area contributed by atoms with Gasteiger partial charge in [0.2, 0.25) is 5.91 Å². The van der Waals surface area contributed by atoms with E-state index < -0.39 is 0 Å². The van der Waals surface area contributed by atoms with E-state index in [4.69, 9.17) is 0 Å². The molecule has 100 valence electrons. The fraction of sp³-hybridized carbons (Fsp3) is 0.692. The van der Waals surface area contributed by atoms with E-state index in [2.05, 4.69) is 29.5 Å². The molecule has 0 bridgehead atoms. The average molecular weight is 267 g/mol. The molecule has 1 amide bonds. The maximum absolute atomic E-state index is 12.3. The highest BCUT2D eigenvalue weighted by atomic mass is 32.1. The van der Waals surface area contributed by atoms with E-state index in [-0.39, 0.29) is 17.2 Å². The average Bonchev–Trinajstić information content (AvgIpc) is 3.06. The van der Waals surface area contributed by atoms with Gasteiger partial charge >= 0.3 is 0 Å². The lowest BCUT2D eigenvalue weighted by molar-refractivity contribution is -0.130. The third-order valence-corrected chi connectivity index (χ3v) is 4.85. The summed E-state index contributed by atoms with van der Waals surface area (Å²) < 4.78 is 0. The zero-order valence-corrected chi connectivity index (χ0v) is 11.8. The van der Waals surface area contributed by atoms with Crippen LogP contribution in [0.15, 0.2) is 11.6 Å². The highest BCUT2D eigenvalue weighted by Crippen LogP contribution is 2.29. The molecule has 2 heterocycles. The second-order valence-corrected chi connectivity index (χ2v) is 5.97. The van der Waals surface area contributed by atoms with Crippen molar-refractivity contribution in [2.45, 2.75) is 32.6 Å². The zero-order chi connectivity index (χ0) is 13.0. The first-order valence-corrected chi connectivity index (χ1v) is 7.44. The van der Waals surface area contributed by atoms with Crippen molar-refractivity contribution in [3.63, 3.8) is 0 Å². The largest absolute Gasteiger partial charge is 0.355 e. The number of nitrogens with zero attached hydrogens (tertiary/aromatic N) is 1. The van der Waals surface area contributed by atoms with Crippen LogP contribution >= 0.6 is 11.3 Å². The number of carbonyl (C=O) groups excluding carboxylic acids is 1. The summed E-state index contributed by atoms with van der Waals surface area (Å²) in [4.78, 5) is 16.6. The lowest BCUT2D eigenvalue weighted by atomic mass is 9.83. The standard InChI is InChI=1S/C13H21N3OS/c1-3-13(4-5-14-9-13)12(17)16-8-10(2)11-15-6-7-18-11/h6-7,10,14H,3-5,8-9H2,1-2H3,(H,16,17). The van der Waals surface area contributed by atoms with Crippen LogP contribution in [-0.2, 0) is 4.79 Å². The molecule has 0 aromatic carbocycles. The quantitative estimate of drug-likeness (QED) is 0.854. The van der Waals surface area contributed by atoms with Crippen molar-refractivity contribution in [2.75, 3.05) is 19.6 Å². The second kappa shape index (κ2) is 5.80. The first-order chi connectivity index (χ1) is 8.68. The van der Waals surface area contributed by atoms with Crippen molar-refractivity contribution < 1.29 is 4.79 Å². The number of aromatic nitrogens is 1. The van der Waals surface area contributed by atoms with Crippen LogP contribution in [0.25, 0.3) is 0 Å². The fourth-order valence-corrected chi connectivity index (χ4v) is 3.10. The monoisotopic (exact) mass is 267 g/mol. The summed E-state index contributed by atoms with van der Waals surface area (Å²) in [7, 11) is 0. The third kappa shape index (κ3) is 2.72. The van der Waals surface area contributed by atoms with E-state index in [1.165, 1.54) is 0 Å². The van der Waals surface area contributed by atoms with Gasteiger partial charge in [0.05, 0.1) is 10.4 Å². The van der Waals surface area contributed by atoms with Gasteiger partial charge in [-0.05, 0) is 19.4 Å². The topological polar surface area (TPSA) is 54.0 Å². The van der Waals surface area contributed by atoms with Gasteiger partial charge in [-0.3, -0.25) is 4.79 Å². The number of carbonyl (C=O) groups is 1. The summed E-state index contributed by atoms with van der Waals surface area (Å²) in [5.74, 6) is 0.482. The maximum Gasteiger partial charge on any atom is 0.227 e. The molecular weight excluding hydrogens is 246 g/mol. The summed E-state index contributed by atoms with van der Waals surface area (Å²) in [6.45, 7) is 6.62. The molecule has 0 saturated carbocycles. The molecule has 0 aliphatic carbocycles. The molecule has 1 aromatic heterocycles. The summed E-state index contributed by atoms with van der Waals surface area (Å²) in [6, 6.07) is 0. The zero-order valence-electron chi connectivity index (χ0n) is 11.0. The molecule has 0 radical (unpaired) electrons. The first-order valence-electron chi connectivity index (χ1n) is 6.56. The summed E-state index contributed by atoms with van der Waals surface area (Å²) in [5, 5.41) is 9.44. The fourth-order valence-electron chi connectivity index (χ4n) is 2.40. The molecule has 18 heavy (non-hydrogen) atoms. The highest BCUT2D eigenvalue weighted by molar-refractivity contribution is 7.09. The SMILES string of the molecule is CCC1(C(=O)NCC(C)c2nccs2)CCNC1. The number of rotatable bonds is 5. The van der Waals surface area contributed by atoms with Crippen molar-refractivity contribution in [3.8, 4) is 0 Å². The highest BCUT2D eigenvalue weighted by Gasteiger charge is 2.39. The Bertz CT molecular complexity index is 385. The van der Waals surface area contributed by atoms with Gasteiger partial charge in [-0.1, -0.05) is 13.8 Å². The number of hydrogen-bond acceptors (Lipinski definition) is 4. The summed E-state index contributed by atoms with van der Waals surface area (Å²) in [5.41, 5.74) is -0.192. The minimum absolute atomic E-state index is 0.192. The smallest absolute Gasteiger partial charge is 0.227 e. The van der Waals surface area contributed by atoms with Gasteiger partial charge in [-0.2, -0.15) is 0 Å². The van der Waals surface area contributed by atoms with Gasteiger partial charge in [-0.15, -0.1) is 11.3 Å². The van der Waals surface area contributed by atoms with E-state index in [1.807, 2.05) is 11.6 Å². The molecule has 1 fully saturated rings. The van der Waals surface area contributed by atoms with E-state index in [9.17, 15) is 4.79 Å². The van der Waals surface area contributed by atoms with Crippen molar-refractivity contribution in [3.05, 3.63) is 16.6 Å². The molecule has 4 nitrogen and oxygen atoms in total. The molecule has 5 heteroatoms. The van der Waals surface area contributed by atoms with Crippen molar-refractivity contribution >= 4 is 17.2 Å². The molecule has 0 spiro atoms. The summed E-state index contributed by atoms with van der Waals surface area (Å²) >= 11 is 1.65. The van der Waals surface area contributed by atoms with Gasteiger partial charge < -0.3 is 10.6 Å². The Morgan fingerprint density at radius 2 is 2.56 bits per heavy atom. The Hall–Kier alpha value is -0.940. The second-order valence-electron chi connectivity index (χ2n) is 5.04. The van der Waals surface area contributed by atoms with Crippen LogP contribution in [0, 0.1) is 5.41 Å². The van der Waals surface area contributed by atoms with Crippen molar-refractivity contribution in [1.29, 1.82) is 0 Å². The van der Waals surface area contributed by atoms with Crippen LogP contribution in [0.4, 0.5) is 0 Å². The van der Waals surface area contributed by atoms with Crippen molar-refractivity contribution in [2.24, 2.45) is 5.41 Å².